The van der Waals surface area contributed by atoms with Crippen molar-refractivity contribution in [2.24, 2.45) is 0 Å². The number of furan rings is 1. The number of hydrogen-bond donors (Lipinski definition) is 0. The summed E-state index contributed by atoms with van der Waals surface area (Å²) in [7, 11) is 0. The Morgan fingerprint density at radius 3 is 1.90 bits per heavy atom. The smallest absolute Gasteiger partial charge is 0.135 e. The molecule has 0 spiro atoms. The van der Waals surface area contributed by atoms with Crippen LogP contribution >= 0.6 is 15.9 Å². The normalized spacial score (nSPS) is 11.5. The van der Waals surface area contributed by atoms with Crippen molar-refractivity contribution in [2.75, 3.05) is 0 Å². The van der Waals surface area contributed by atoms with Gasteiger partial charge in [-0.3, -0.25) is 0 Å². The highest BCUT2D eigenvalue weighted by Gasteiger charge is 2.12. The lowest BCUT2D eigenvalue weighted by atomic mass is 9.92. The minimum atomic E-state index is 0.910. The molecule has 0 N–H and O–H groups in total. The molecule has 142 valence electrons. The molecule has 1 heterocycles. The molecule has 0 radical (unpaired) electrons. The highest BCUT2D eigenvalue weighted by atomic mass is 79.9. The zero-order valence-electron chi connectivity index (χ0n) is 16.1. The predicted octanol–water partition coefficient (Wildman–Crippen LogP) is 8.84. The SMILES string of the molecule is Brc1ccc2oc3ccc(-c4ccccc4-c4ccc5ccccc5c4)cc3c2c1. The average molecular weight is 449 g/mol. The van der Waals surface area contributed by atoms with E-state index in [2.05, 4.69) is 107 Å². The van der Waals surface area contributed by atoms with E-state index < -0.39 is 0 Å². The Labute approximate surface area is 182 Å². The Bertz CT molecular complexity index is 1560. The first-order chi connectivity index (χ1) is 14.8. The molecule has 0 aliphatic heterocycles. The predicted molar refractivity (Wildman–Crippen MR) is 130 cm³/mol. The number of fused-ring (bicyclic) bond motifs is 4. The van der Waals surface area contributed by atoms with Crippen molar-refractivity contribution in [1.29, 1.82) is 0 Å². The lowest BCUT2D eigenvalue weighted by Gasteiger charge is -2.11. The van der Waals surface area contributed by atoms with E-state index in [4.69, 9.17) is 4.42 Å². The van der Waals surface area contributed by atoms with E-state index >= 15 is 0 Å². The first kappa shape index (κ1) is 17.5. The zero-order chi connectivity index (χ0) is 20.1. The molecule has 0 bridgehead atoms. The second kappa shape index (κ2) is 6.86. The summed E-state index contributed by atoms with van der Waals surface area (Å²) in [5.74, 6) is 0. The minimum absolute atomic E-state index is 0.910. The quantitative estimate of drug-likeness (QED) is 0.257. The van der Waals surface area contributed by atoms with Crippen molar-refractivity contribution in [3.05, 3.63) is 108 Å². The van der Waals surface area contributed by atoms with Crippen LogP contribution in [-0.2, 0) is 0 Å². The van der Waals surface area contributed by atoms with Crippen molar-refractivity contribution in [3.8, 4) is 22.3 Å². The van der Waals surface area contributed by atoms with E-state index in [-0.39, 0.29) is 0 Å². The summed E-state index contributed by atoms with van der Waals surface area (Å²) < 4.78 is 7.10. The lowest BCUT2D eigenvalue weighted by molar-refractivity contribution is 0.669. The van der Waals surface area contributed by atoms with Crippen LogP contribution in [0.15, 0.2) is 112 Å². The van der Waals surface area contributed by atoms with Gasteiger partial charge in [-0.05, 0) is 69.4 Å². The van der Waals surface area contributed by atoms with Crippen LogP contribution in [0.4, 0.5) is 0 Å². The second-order valence-electron chi connectivity index (χ2n) is 7.56. The van der Waals surface area contributed by atoms with E-state index in [0.717, 1.165) is 26.4 Å². The molecule has 6 rings (SSSR count). The Morgan fingerprint density at radius 1 is 0.500 bits per heavy atom. The molecule has 0 aliphatic rings. The van der Waals surface area contributed by atoms with Crippen LogP contribution in [0.5, 0.6) is 0 Å². The van der Waals surface area contributed by atoms with Crippen LogP contribution in [0.3, 0.4) is 0 Å². The van der Waals surface area contributed by atoms with Crippen molar-refractivity contribution >= 4 is 48.6 Å². The Kier molecular flexibility index (Phi) is 4.00. The number of halogens is 1. The van der Waals surface area contributed by atoms with Gasteiger partial charge in [0, 0.05) is 15.2 Å². The molecule has 5 aromatic carbocycles. The maximum atomic E-state index is 6.04. The molecule has 0 unspecified atom stereocenters. The van der Waals surface area contributed by atoms with Crippen molar-refractivity contribution in [1.82, 2.24) is 0 Å². The third-order valence-electron chi connectivity index (χ3n) is 5.73. The Hall–Kier alpha value is -3.36. The third-order valence-corrected chi connectivity index (χ3v) is 6.22. The van der Waals surface area contributed by atoms with Gasteiger partial charge >= 0.3 is 0 Å². The molecule has 30 heavy (non-hydrogen) atoms. The van der Waals surface area contributed by atoms with Gasteiger partial charge in [0.25, 0.3) is 0 Å². The van der Waals surface area contributed by atoms with Crippen LogP contribution in [0.1, 0.15) is 0 Å². The Morgan fingerprint density at radius 2 is 1.10 bits per heavy atom. The summed E-state index contributed by atoms with van der Waals surface area (Å²) in [5, 5.41) is 4.78. The van der Waals surface area contributed by atoms with Crippen molar-refractivity contribution in [3.63, 3.8) is 0 Å². The summed E-state index contributed by atoms with van der Waals surface area (Å²) in [6, 6.07) is 36.4. The van der Waals surface area contributed by atoms with Gasteiger partial charge in [-0.25, -0.2) is 0 Å². The average Bonchev–Trinajstić information content (AvgIpc) is 3.16. The summed E-state index contributed by atoms with van der Waals surface area (Å²) in [6.07, 6.45) is 0. The molecule has 0 saturated carbocycles. The topological polar surface area (TPSA) is 13.1 Å². The van der Waals surface area contributed by atoms with Crippen LogP contribution in [0.25, 0.3) is 55.0 Å². The van der Waals surface area contributed by atoms with E-state index in [1.165, 1.54) is 33.0 Å². The number of hydrogen-bond acceptors (Lipinski definition) is 1. The van der Waals surface area contributed by atoms with E-state index in [0.29, 0.717) is 0 Å². The van der Waals surface area contributed by atoms with Crippen LogP contribution in [0.2, 0.25) is 0 Å². The summed E-state index contributed by atoms with van der Waals surface area (Å²) >= 11 is 3.59. The molecule has 2 heteroatoms. The van der Waals surface area contributed by atoms with Gasteiger partial charge in [-0.2, -0.15) is 0 Å². The van der Waals surface area contributed by atoms with Crippen molar-refractivity contribution < 1.29 is 4.42 Å². The fourth-order valence-electron chi connectivity index (χ4n) is 4.26. The standard InChI is InChI=1S/C28H17BrO/c29-22-12-14-28-26(17-22)25-16-21(11-13-27(25)30-28)24-8-4-3-7-23(24)20-10-9-18-5-1-2-6-19(18)15-20/h1-17H. The summed E-state index contributed by atoms with van der Waals surface area (Å²) in [5.41, 5.74) is 6.69. The van der Waals surface area contributed by atoms with Gasteiger partial charge in [0.2, 0.25) is 0 Å². The molecule has 0 amide bonds. The number of rotatable bonds is 2. The fourth-order valence-corrected chi connectivity index (χ4v) is 4.62. The van der Waals surface area contributed by atoms with Gasteiger partial charge in [0.1, 0.15) is 11.2 Å². The monoisotopic (exact) mass is 448 g/mol. The van der Waals surface area contributed by atoms with Gasteiger partial charge in [-0.15, -0.1) is 0 Å². The largest absolute Gasteiger partial charge is 0.456 e. The fraction of sp³-hybridized carbons (Fsp3) is 0. The van der Waals surface area contributed by atoms with Crippen LogP contribution in [0, 0.1) is 0 Å². The molecule has 0 atom stereocenters. The minimum Gasteiger partial charge on any atom is -0.456 e. The molecule has 0 fully saturated rings. The highest BCUT2D eigenvalue weighted by Crippen LogP contribution is 2.37. The highest BCUT2D eigenvalue weighted by molar-refractivity contribution is 9.10. The summed E-state index contributed by atoms with van der Waals surface area (Å²) in [6.45, 7) is 0. The van der Waals surface area contributed by atoms with E-state index in [1.54, 1.807) is 0 Å². The van der Waals surface area contributed by atoms with Crippen molar-refractivity contribution in [2.45, 2.75) is 0 Å². The zero-order valence-corrected chi connectivity index (χ0v) is 17.7. The third kappa shape index (κ3) is 2.84. The lowest BCUT2D eigenvalue weighted by Crippen LogP contribution is -1.85. The molecule has 6 aromatic rings. The molecule has 1 aromatic heterocycles. The first-order valence-electron chi connectivity index (χ1n) is 9.97. The maximum Gasteiger partial charge on any atom is 0.135 e. The second-order valence-corrected chi connectivity index (χ2v) is 8.48. The maximum absolute atomic E-state index is 6.04. The van der Waals surface area contributed by atoms with Gasteiger partial charge in [-0.1, -0.05) is 82.7 Å². The van der Waals surface area contributed by atoms with Gasteiger partial charge in [0.05, 0.1) is 0 Å². The van der Waals surface area contributed by atoms with E-state index in [1.807, 2.05) is 12.1 Å². The van der Waals surface area contributed by atoms with Gasteiger partial charge < -0.3 is 4.42 Å². The molecule has 1 nitrogen and oxygen atoms in total. The van der Waals surface area contributed by atoms with Crippen LogP contribution in [-0.4, -0.2) is 0 Å². The molecular formula is C28H17BrO. The Balaban J connectivity index is 1.56. The van der Waals surface area contributed by atoms with Gasteiger partial charge in [0.15, 0.2) is 0 Å². The van der Waals surface area contributed by atoms with E-state index in [9.17, 15) is 0 Å². The number of benzene rings is 5. The molecule has 0 aliphatic carbocycles. The van der Waals surface area contributed by atoms with Crippen LogP contribution < -0.4 is 0 Å². The molecular weight excluding hydrogens is 432 g/mol. The first-order valence-corrected chi connectivity index (χ1v) is 10.8. The molecule has 0 saturated heterocycles. The summed E-state index contributed by atoms with van der Waals surface area (Å²) in [4.78, 5) is 0.